The Morgan fingerprint density at radius 2 is 1.57 bits per heavy atom. The zero-order valence-corrected chi connectivity index (χ0v) is 15.2. The van der Waals surface area contributed by atoms with Gasteiger partial charge in [0.15, 0.2) is 0 Å². The molecular weight excluding hydrogens is 292 g/mol. The number of hydrogen-bond acceptors (Lipinski definition) is 4. The van der Waals surface area contributed by atoms with E-state index >= 15 is 0 Å². The Bertz CT molecular complexity index is 486. The van der Waals surface area contributed by atoms with Crippen molar-refractivity contribution in [3.8, 4) is 0 Å². The van der Waals surface area contributed by atoms with Gasteiger partial charge in [-0.15, -0.1) is 0 Å². The van der Waals surface area contributed by atoms with Gasteiger partial charge < -0.3 is 9.47 Å². The van der Waals surface area contributed by atoms with Crippen LogP contribution in [0.5, 0.6) is 0 Å². The largest absolute Gasteiger partial charge is 0.462 e. The Balaban J connectivity index is 3.03. The van der Waals surface area contributed by atoms with E-state index in [0.29, 0.717) is 36.7 Å². The van der Waals surface area contributed by atoms with Crippen LogP contribution in [0.3, 0.4) is 0 Å². The number of esters is 2. The summed E-state index contributed by atoms with van der Waals surface area (Å²) in [6, 6.07) is 0. The fourth-order valence-corrected chi connectivity index (χ4v) is 2.19. The lowest BCUT2D eigenvalue weighted by molar-refractivity contribution is -0.143. The van der Waals surface area contributed by atoms with Gasteiger partial charge in [0, 0.05) is 0 Å². The third-order valence-corrected chi connectivity index (χ3v) is 3.88. The fraction of sp³-hybridized carbons (Fsp3) is 0.684. The minimum Gasteiger partial charge on any atom is -0.462 e. The molecule has 0 heterocycles. The van der Waals surface area contributed by atoms with E-state index in [-0.39, 0.29) is 17.8 Å². The fourth-order valence-electron chi connectivity index (χ4n) is 2.19. The molecule has 1 rings (SSSR count). The molecule has 0 spiro atoms. The van der Waals surface area contributed by atoms with Gasteiger partial charge in [-0.1, -0.05) is 53.7 Å². The summed E-state index contributed by atoms with van der Waals surface area (Å²) >= 11 is 0. The molecule has 130 valence electrons. The molecule has 0 amide bonds. The van der Waals surface area contributed by atoms with E-state index in [1.54, 1.807) is 6.08 Å². The zero-order valence-electron chi connectivity index (χ0n) is 15.2. The van der Waals surface area contributed by atoms with Gasteiger partial charge in [0.25, 0.3) is 0 Å². The first kappa shape index (κ1) is 19.5. The van der Waals surface area contributed by atoms with Crippen LogP contribution < -0.4 is 0 Å². The van der Waals surface area contributed by atoms with Crippen LogP contribution in [0.15, 0.2) is 23.3 Å². The molecule has 2 atom stereocenters. The van der Waals surface area contributed by atoms with E-state index in [4.69, 9.17) is 9.47 Å². The van der Waals surface area contributed by atoms with E-state index in [1.165, 1.54) is 0 Å². The van der Waals surface area contributed by atoms with Gasteiger partial charge in [-0.2, -0.15) is 0 Å². The summed E-state index contributed by atoms with van der Waals surface area (Å²) in [7, 11) is 0. The lowest BCUT2D eigenvalue weighted by Crippen LogP contribution is -2.19. The van der Waals surface area contributed by atoms with Crippen molar-refractivity contribution in [3.05, 3.63) is 23.3 Å². The number of carbonyl (C=O) groups excluding carboxylic acids is 2. The standard InChI is InChI=1S/C19H30O4/c1-12(2)10-22-18(20)16-8-7-14(5)15(6)9-17(16)19(21)23-11-13(3)4/h7-8,12-15H,9-11H2,1-6H3. The van der Waals surface area contributed by atoms with Gasteiger partial charge in [-0.25, -0.2) is 9.59 Å². The lowest BCUT2D eigenvalue weighted by atomic mass is 9.91. The molecule has 4 nitrogen and oxygen atoms in total. The lowest BCUT2D eigenvalue weighted by Gasteiger charge is -2.17. The predicted molar refractivity (Wildman–Crippen MR) is 90.7 cm³/mol. The highest BCUT2D eigenvalue weighted by Crippen LogP contribution is 2.29. The van der Waals surface area contributed by atoms with Crippen LogP contribution in [0.2, 0.25) is 0 Å². The summed E-state index contributed by atoms with van der Waals surface area (Å²) in [6.07, 6.45) is 4.22. The van der Waals surface area contributed by atoms with E-state index in [1.807, 2.05) is 33.8 Å². The number of ether oxygens (including phenoxy) is 2. The van der Waals surface area contributed by atoms with Gasteiger partial charge in [0.05, 0.1) is 24.4 Å². The molecule has 4 heteroatoms. The second-order valence-corrected chi connectivity index (χ2v) is 7.28. The average molecular weight is 322 g/mol. The van der Waals surface area contributed by atoms with Gasteiger partial charge in [-0.05, 0) is 30.1 Å². The summed E-state index contributed by atoms with van der Waals surface area (Å²) in [5.41, 5.74) is 0.781. The van der Waals surface area contributed by atoms with Crippen molar-refractivity contribution < 1.29 is 19.1 Å². The minimum atomic E-state index is -0.437. The van der Waals surface area contributed by atoms with Crippen LogP contribution in [0.4, 0.5) is 0 Å². The van der Waals surface area contributed by atoms with Crippen molar-refractivity contribution in [2.45, 2.75) is 48.0 Å². The summed E-state index contributed by atoms with van der Waals surface area (Å²) < 4.78 is 10.7. The van der Waals surface area contributed by atoms with Gasteiger partial charge in [0.1, 0.15) is 0 Å². The van der Waals surface area contributed by atoms with Crippen molar-refractivity contribution in [1.82, 2.24) is 0 Å². The monoisotopic (exact) mass is 322 g/mol. The smallest absolute Gasteiger partial charge is 0.338 e. The van der Waals surface area contributed by atoms with Crippen LogP contribution in [0.25, 0.3) is 0 Å². The van der Waals surface area contributed by atoms with E-state index in [2.05, 4.69) is 13.8 Å². The molecule has 0 radical (unpaired) electrons. The molecule has 1 aliphatic carbocycles. The van der Waals surface area contributed by atoms with Gasteiger partial charge in [0.2, 0.25) is 0 Å². The summed E-state index contributed by atoms with van der Waals surface area (Å²) in [5.74, 6) is 0.229. The topological polar surface area (TPSA) is 52.6 Å². The molecule has 0 aliphatic heterocycles. The Labute approximate surface area is 139 Å². The molecule has 0 saturated carbocycles. The number of carbonyl (C=O) groups is 2. The summed E-state index contributed by atoms with van der Waals surface area (Å²) in [4.78, 5) is 24.8. The molecule has 0 bridgehead atoms. The van der Waals surface area contributed by atoms with Crippen LogP contribution >= 0.6 is 0 Å². The Kier molecular flexibility index (Phi) is 7.53. The van der Waals surface area contributed by atoms with Crippen molar-refractivity contribution in [3.63, 3.8) is 0 Å². The van der Waals surface area contributed by atoms with Crippen LogP contribution in [0, 0.1) is 23.7 Å². The first-order valence-corrected chi connectivity index (χ1v) is 8.47. The first-order valence-electron chi connectivity index (χ1n) is 8.47. The third kappa shape index (κ3) is 6.20. The van der Waals surface area contributed by atoms with Crippen LogP contribution in [0.1, 0.15) is 48.0 Å². The maximum atomic E-state index is 12.4. The normalized spacial score (nSPS) is 21.6. The first-order chi connectivity index (χ1) is 10.7. The average Bonchev–Trinajstić information content (AvgIpc) is 2.62. The van der Waals surface area contributed by atoms with Crippen molar-refractivity contribution >= 4 is 11.9 Å². The molecule has 0 aromatic carbocycles. The van der Waals surface area contributed by atoms with E-state index < -0.39 is 11.9 Å². The zero-order chi connectivity index (χ0) is 17.6. The van der Waals surface area contributed by atoms with Crippen molar-refractivity contribution in [2.24, 2.45) is 23.7 Å². The van der Waals surface area contributed by atoms with Crippen molar-refractivity contribution in [2.75, 3.05) is 13.2 Å². The highest BCUT2D eigenvalue weighted by atomic mass is 16.5. The number of hydrogen-bond donors (Lipinski definition) is 0. The maximum absolute atomic E-state index is 12.4. The molecule has 0 aromatic rings. The molecule has 1 aliphatic rings. The number of rotatable bonds is 6. The van der Waals surface area contributed by atoms with Crippen LogP contribution in [-0.4, -0.2) is 25.2 Å². The summed E-state index contributed by atoms with van der Waals surface area (Å²) in [5, 5.41) is 0. The quantitative estimate of drug-likeness (QED) is 0.696. The SMILES string of the molecule is CC(C)COC(=O)C1=C(C(=O)OCC(C)C)CC(C)C(C)C=C1. The van der Waals surface area contributed by atoms with Gasteiger partial charge >= 0.3 is 11.9 Å². The molecule has 2 unspecified atom stereocenters. The highest BCUT2D eigenvalue weighted by molar-refractivity contribution is 6.02. The highest BCUT2D eigenvalue weighted by Gasteiger charge is 2.27. The molecule has 0 fully saturated rings. The number of allylic oxidation sites excluding steroid dienone is 1. The summed E-state index contributed by atoms with van der Waals surface area (Å²) in [6.45, 7) is 12.8. The Hall–Kier alpha value is -1.58. The van der Waals surface area contributed by atoms with E-state index in [9.17, 15) is 9.59 Å². The molecule has 0 N–H and O–H groups in total. The van der Waals surface area contributed by atoms with Crippen molar-refractivity contribution in [1.29, 1.82) is 0 Å². The third-order valence-electron chi connectivity index (χ3n) is 3.88. The van der Waals surface area contributed by atoms with Gasteiger partial charge in [-0.3, -0.25) is 0 Å². The predicted octanol–water partition coefficient (Wildman–Crippen LogP) is 3.91. The molecule has 0 aromatic heterocycles. The molecule has 0 saturated heterocycles. The second kappa shape index (κ2) is 8.90. The molecule has 23 heavy (non-hydrogen) atoms. The van der Waals surface area contributed by atoms with E-state index in [0.717, 1.165) is 0 Å². The Morgan fingerprint density at radius 3 is 2.09 bits per heavy atom. The Morgan fingerprint density at radius 1 is 1.04 bits per heavy atom. The second-order valence-electron chi connectivity index (χ2n) is 7.28. The maximum Gasteiger partial charge on any atom is 0.338 e. The minimum absolute atomic E-state index is 0.253. The molecular formula is C19H30O4. The van der Waals surface area contributed by atoms with Crippen LogP contribution in [-0.2, 0) is 19.1 Å².